The van der Waals surface area contributed by atoms with Crippen LogP contribution >= 0.6 is 0 Å². The van der Waals surface area contributed by atoms with Crippen molar-refractivity contribution >= 4 is 5.97 Å². The fourth-order valence-corrected chi connectivity index (χ4v) is 5.51. The van der Waals surface area contributed by atoms with Crippen LogP contribution in [-0.2, 0) is 23.2 Å². The van der Waals surface area contributed by atoms with E-state index in [0.29, 0.717) is 36.7 Å². The van der Waals surface area contributed by atoms with Crippen LogP contribution in [0.4, 0.5) is 0 Å². The van der Waals surface area contributed by atoms with Crippen LogP contribution in [-0.4, -0.2) is 61.4 Å². The highest BCUT2D eigenvalue weighted by Crippen LogP contribution is 2.60. The SMILES string of the molecule is Cc1nc(-c2nnn(C)c2COCN(C)C23CC(C2)C3)ccc1O[C@H]1CCC[C@H](C(=O)O)C1. The van der Waals surface area contributed by atoms with Crippen LogP contribution in [0.25, 0.3) is 11.4 Å². The normalized spacial score (nSPS) is 28.3. The maximum Gasteiger partial charge on any atom is 0.306 e. The van der Waals surface area contributed by atoms with Gasteiger partial charge in [0.25, 0.3) is 0 Å². The molecule has 178 valence electrons. The minimum absolute atomic E-state index is 0.0928. The number of carboxylic acids is 1. The molecule has 33 heavy (non-hydrogen) atoms. The first kappa shape index (κ1) is 22.3. The molecule has 0 amide bonds. The minimum atomic E-state index is -0.735. The smallest absolute Gasteiger partial charge is 0.306 e. The van der Waals surface area contributed by atoms with E-state index in [4.69, 9.17) is 14.5 Å². The molecule has 1 N–H and O–H groups in total. The minimum Gasteiger partial charge on any atom is -0.489 e. The van der Waals surface area contributed by atoms with Gasteiger partial charge in [0, 0.05) is 12.6 Å². The van der Waals surface area contributed by atoms with E-state index in [1.807, 2.05) is 26.1 Å². The van der Waals surface area contributed by atoms with Gasteiger partial charge in [-0.15, -0.1) is 5.10 Å². The molecule has 0 radical (unpaired) electrons. The number of hydrogen-bond donors (Lipinski definition) is 1. The number of hydrogen-bond acceptors (Lipinski definition) is 7. The van der Waals surface area contributed by atoms with E-state index < -0.39 is 5.97 Å². The lowest BCUT2D eigenvalue weighted by molar-refractivity contribution is -0.167. The Balaban J connectivity index is 1.23. The van der Waals surface area contributed by atoms with Crippen molar-refractivity contribution in [3.05, 3.63) is 23.5 Å². The van der Waals surface area contributed by atoms with Gasteiger partial charge in [0.1, 0.15) is 11.4 Å². The van der Waals surface area contributed by atoms with E-state index in [-0.39, 0.29) is 12.0 Å². The summed E-state index contributed by atoms with van der Waals surface area (Å²) in [5.74, 6) is 0.573. The van der Waals surface area contributed by atoms with Gasteiger partial charge < -0.3 is 14.6 Å². The number of rotatable bonds is 9. The highest BCUT2D eigenvalue weighted by atomic mass is 16.5. The summed E-state index contributed by atoms with van der Waals surface area (Å²) in [7, 11) is 4.01. The summed E-state index contributed by atoms with van der Waals surface area (Å²) in [6, 6.07) is 3.79. The zero-order valence-corrected chi connectivity index (χ0v) is 19.7. The van der Waals surface area contributed by atoms with Crippen molar-refractivity contribution < 1.29 is 19.4 Å². The van der Waals surface area contributed by atoms with E-state index >= 15 is 0 Å². The van der Waals surface area contributed by atoms with Crippen LogP contribution in [0.1, 0.15) is 56.3 Å². The topological polar surface area (TPSA) is 103 Å². The van der Waals surface area contributed by atoms with Crippen LogP contribution in [0.2, 0.25) is 0 Å². The van der Waals surface area contributed by atoms with Crippen molar-refractivity contribution in [3.8, 4) is 17.1 Å². The van der Waals surface area contributed by atoms with Crippen LogP contribution < -0.4 is 4.74 Å². The Kier molecular flexibility index (Phi) is 5.86. The van der Waals surface area contributed by atoms with Gasteiger partial charge in [0.05, 0.1) is 42.4 Å². The fraction of sp³-hybridized carbons (Fsp3) is 0.667. The number of aryl methyl sites for hydroxylation is 2. The van der Waals surface area contributed by atoms with Gasteiger partial charge >= 0.3 is 5.97 Å². The summed E-state index contributed by atoms with van der Waals surface area (Å²) in [5, 5.41) is 17.8. The predicted molar refractivity (Wildman–Crippen MR) is 120 cm³/mol. The number of pyridine rings is 1. The Labute approximate surface area is 194 Å². The lowest BCUT2D eigenvalue weighted by atomic mass is 9.49. The lowest BCUT2D eigenvalue weighted by Gasteiger charge is -2.65. The molecule has 0 aliphatic heterocycles. The lowest BCUT2D eigenvalue weighted by Crippen LogP contribution is -2.67. The fourth-order valence-electron chi connectivity index (χ4n) is 5.51. The molecule has 4 aliphatic carbocycles. The summed E-state index contributed by atoms with van der Waals surface area (Å²) >= 11 is 0. The molecule has 0 saturated heterocycles. The Morgan fingerprint density at radius 2 is 2.09 bits per heavy atom. The van der Waals surface area contributed by atoms with E-state index in [1.54, 1.807) is 4.68 Å². The van der Waals surface area contributed by atoms with E-state index in [1.165, 1.54) is 19.3 Å². The molecule has 2 atom stereocenters. The van der Waals surface area contributed by atoms with Gasteiger partial charge in [-0.2, -0.15) is 0 Å². The average molecular weight is 456 g/mol. The third-order valence-corrected chi connectivity index (χ3v) is 7.83. The highest BCUT2D eigenvalue weighted by molar-refractivity contribution is 5.70. The maximum atomic E-state index is 11.3. The number of carboxylic acid groups (broad SMARTS) is 1. The second-order valence-corrected chi connectivity index (χ2v) is 10.1. The number of carbonyl (C=O) groups is 1. The zero-order chi connectivity index (χ0) is 23.2. The molecule has 4 saturated carbocycles. The molecule has 2 aromatic heterocycles. The molecule has 4 fully saturated rings. The largest absolute Gasteiger partial charge is 0.489 e. The van der Waals surface area contributed by atoms with Crippen molar-refractivity contribution in [3.63, 3.8) is 0 Å². The molecule has 9 heteroatoms. The number of nitrogens with zero attached hydrogens (tertiary/aromatic N) is 5. The molecule has 2 heterocycles. The van der Waals surface area contributed by atoms with E-state index in [9.17, 15) is 9.90 Å². The first-order valence-electron chi connectivity index (χ1n) is 11.9. The molecular weight excluding hydrogens is 422 g/mol. The molecular formula is C24H33N5O4. The molecule has 9 nitrogen and oxygen atoms in total. The molecule has 2 bridgehead atoms. The zero-order valence-electron chi connectivity index (χ0n) is 19.7. The van der Waals surface area contributed by atoms with Crippen molar-refractivity contribution in [2.45, 2.75) is 70.1 Å². The van der Waals surface area contributed by atoms with Gasteiger partial charge in [0.15, 0.2) is 0 Å². The van der Waals surface area contributed by atoms with Crippen LogP contribution in [0, 0.1) is 18.8 Å². The predicted octanol–water partition coefficient (Wildman–Crippen LogP) is 3.17. The third-order valence-electron chi connectivity index (χ3n) is 7.83. The van der Waals surface area contributed by atoms with Gasteiger partial charge in [0.2, 0.25) is 0 Å². The van der Waals surface area contributed by atoms with Crippen molar-refractivity contribution in [1.29, 1.82) is 0 Å². The molecule has 4 aliphatic rings. The van der Waals surface area contributed by atoms with E-state index in [0.717, 1.165) is 42.3 Å². The summed E-state index contributed by atoms with van der Waals surface area (Å²) < 4.78 is 13.9. The second-order valence-electron chi connectivity index (χ2n) is 10.1. The second kappa shape index (κ2) is 8.68. The third kappa shape index (κ3) is 4.24. The summed E-state index contributed by atoms with van der Waals surface area (Å²) in [6.45, 7) is 2.91. The monoisotopic (exact) mass is 455 g/mol. The molecule has 0 spiro atoms. The molecule has 2 aromatic rings. The summed E-state index contributed by atoms with van der Waals surface area (Å²) in [5.41, 5.74) is 3.47. The Hall–Kier alpha value is -2.52. The van der Waals surface area contributed by atoms with Gasteiger partial charge in [-0.05, 0) is 77.0 Å². The van der Waals surface area contributed by atoms with Crippen molar-refractivity contribution in [1.82, 2.24) is 24.9 Å². The number of ether oxygens (including phenoxy) is 2. The Morgan fingerprint density at radius 3 is 2.76 bits per heavy atom. The highest BCUT2D eigenvalue weighted by Gasteiger charge is 2.58. The number of aromatic nitrogens is 4. The first-order valence-corrected chi connectivity index (χ1v) is 11.9. The summed E-state index contributed by atoms with van der Waals surface area (Å²) in [4.78, 5) is 18.4. The first-order chi connectivity index (χ1) is 15.8. The van der Waals surface area contributed by atoms with Gasteiger partial charge in [-0.25, -0.2) is 9.67 Å². The molecule has 0 aromatic carbocycles. The molecule has 0 unspecified atom stereocenters. The van der Waals surface area contributed by atoms with Crippen LogP contribution in [0.15, 0.2) is 12.1 Å². The molecule has 6 rings (SSSR count). The maximum absolute atomic E-state index is 11.3. The van der Waals surface area contributed by atoms with Crippen molar-refractivity contribution in [2.24, 2.45) is 18.9 Å². The number of aliphatic carboxylic acids is 1. The van der Waals surface area contributed by atoms with Gasteiger partial charge in [-0.3, -0.25) is 9.69 Å². The quantitative estimate of drug-likeness (QED) is 0.575. The van der Waals surface area contributed by atoms with Crippen LogP contribution in [0.5, 0.6) is 5.75 Å². The Bertz CT molecular complexity index is 1020. The standard InChI is InChI=1S/C24H33N5O4/c1-15-21(33-18-6-4-5-17(9-18)23(30)31)8-7-19(25-15)22-20(29(3)27-26-22)13-32-14-28(2)24-10-16(11-24)12-24/h7-8,16-18H,4-6,9-14H2,1-3H3,(H,30,31)/t16?,17-,18-,24?/m0/s1. The van der Waals surface area contributed by atoms with Crippen molar-refractivity contribution in [2.75, 3.05) is 13.8 Å². The van der Waals surface area contributed by atoms with E-state index in [2.05, 4.69) is 22.3 Å². The summed E-state index contributed by atoms with van der Waals surface area (Å²) in [6.07, 6.45) is 6.82. The Morgan fingerprint density at radius 1 is 1.30 bits per heavy atom. The van der Waals surface area contributed by atoms with Crippen LogP contribution in [0.3, 0.4) is 0 Å². The average Bonchev–Trinajstić information content (AvgIpc) is 3.08. The van der Waals surface area contributed by atoms with Gasteiger partial charge in [-0.1, -0.05) is 5.21 Å².